The number of unbranched alkanes of at least 4 members (excludes halogenated alkanes) is 17. The molecule has 0 spiro atoms. The zero-order chi connectivity index (χ0) is 49.3. The minimum Gasteiger partial charge on any atom is -0.462 e. The molecule has 0 aromatic rings. The van der Waals surface area contributed by atoms with Gasteiger partial charge in [-0.25, -0.2) is 0 Å². The molecule has 0 fully saturated rings. The van der Waals surface area contributed by atoms with Crippen molar-refractivity contribution in [1.29, 1.82) is 0 Å². The van der Waals surface area contributed by atoms with Gasteiger partial charge in [-0.2, -0.15) is 0 Å². The molecule has 0 radical (unpaired) electrons. The lowest BCUT2D eigenvalue weighted by atomic mass is 10.0. The van der Waals surface area contributed by atoms with Crippen molar-refractivity contribution >= 4 is 17.9 Å². The summed E-state index contributed by atoms with van der Waals surface area (Å²) in [6, 6.07) is 0. The van der Waals surface area contributed by atoms with Gasteiger partial charge in [0.25, 0.3) is 0 Å². The molecule has 0 heterocycles. The maximum atomic E-state index is 12.8. The summed E-state index contributed by atoms with van der Waals surface area (Å²) in [5.41, 5.74) is 0. The summed E-state index contributed by atoms with van der Waals surface area (Å²) in [5, 5.41) is 0. The van der Waals surface area contributed by atoms with Crippen LogP contribution in [0.4, 0.5) is 0 Å². The maximum absolute atomic E-state index is 12.8. The first-order valence-electron chi connectivity index (χ1n) is 26.3. The maximum Gasteiger partial charge on any atom is 0.306 e. The highest BCUT2D eigenvalue weighted by Crippen LogP contribution is 2.14. The second kappa shape index (κ2) is 54.4. The molecule has 0 aliphatic rings. The third kappa shape index (κ3) is 51.7. The van der Waals surface area contributed by atoms with Crippen molar-refractivity contribution < 1.29 is 28.6 Å². The minimum absolute atomic E-state index is 0.119. The molecule has 6 heteroatoms. The van der Waals surface area contributed by atoms with E-state index in [1.807, 2.05) is 146 Å². The van der Waals surface area contributed by atoms with Gasteiger partial charge in [-0.1, -0.05) is 274 Å². The summed E-state index contributed by atoms with van der Waals surface area (Å²) in [5.74, 6) is -1.03. The van der Waals surface area contributed by atoms with Crippen molar-refractivity contribution in [3.63, 3.8) is 0 Å². The van der Waals surface area contributed by atoms with Crippen LogP contribution >= 0.6 is 0 Å². The summed E-state index contributed by atoms with van der Waals surface area (Å²) < 4.78 is 16.7. The largest absolute Gasteiger partial charge is 0.462 e. The van der Waals surface area contributed by atoms with Gasteiger partial charge in [0.05, 0.1) is 0 Å². The van der Waals surface area contributed by atoms with Crippen LogP contribution in [0.15, 0.2) is 170 Å². The summed E-state index contributed by atoms with van der Waals surface area (Å²) in [6.07, 6.45) is 80.4. The van der Waals surface area contributed by atoms with Gasteiger partial charge >= 0.3 is 17.9 Å². The molecular formula is C62H92O6. The SMILES string of the molecule is CC\C=C/C=C\C=C/C=C\C=C\C=C/C=C\CCCCCC(=O)OCC(COC(=O)CCCCCCCCCCCCCC)OC(=O)CCCCC\C=C/C=C\C=C\C=C/C=C\C=C/C=C\CC. The highest BCUT2D eigenvalue weighted by Gasteiger charge is 2.19. The monoisotopic (exact) mass is 933 g/mol. The summed E-state index contributed by atoms with van der Waals surface area (Å²) in [4.78, 5) is 38.0. The van der Waals surface area contributed by atoms with Crippen LogP contribution in [-0.4, -0.2) is 37.2 Å². The highest BCUT2D eigenvalue weighted by atomic mass is 16.6. The molecule has 68 heavy (non-hydrogen) atoms. The lowest BCUT2D eigenvalue weighted by Gasteiger charge is -2.18. The van der Waals surface area contributed by atoms with E-state index in [2.05, 4.69) is 45.1 Å². The number of rotatable bonds is 44. The van der Waals surface area contributed by atoms with Crippen LogP contribution in [0, 0.1) is 0 Å². The van der Waals surface area contributed by atoms with Crippen LogP contribution in [0.25, 0.3) is 0 Å². The van der Waals surface area contributed by atoms with E-state index >= 15 is 0 Å². The molecule has 1 atom stereocenters. The normalized spacial score (nSPS) is 13.5. The summed E-state index contributed by atoms with van der Waals surface area (Å²) in [6.45, 7) is 6.23. The first-order valence-corrected chi connectivity index (χ1v) is 26.3. The van der Waals surface area contributed by atoms with E-state index in [-0.39, 0.29) is 44.0 Å². The van der Waals surface area contributed by atoms with Crippen LogP contribution in [0.3, 0.4) is 0 Å². The summed E-state index contributed by atoms with van der Waals surface area (Å²) >= 11 is 0. The highest BCUT2D eigenvalue weighted by molar-refractivity contribution is 5.71. The van der Waals surface area contributed by atoms with Gasteiger partial charge in [-0.05, 0) is 57.8 Å². The topological polar surface area (TPSA) is 78.9 Å². The molecule has 0 aromatic heterocycles. The molecule has 6 nitrogen and oxygen atoms in total. The Morgan fingerprint density at radius 1 is 0.309 bits per heavy atom. The molecule has 0 N–H and O–H groups in total. The number of hydrogen-bond donors (Lipinski definition) is 0. The molecule has 0 aliphatic heterocycles. The van der Waals surface area contributed by atoms with E-state index in [4.69, 9.17) is 14.2 Å². The zero-order valence-corrected chi connectivity index (χ0v) is 42.8. The van der Waals surface area contributed by atoms with Gasteiger partial charge in [0, 0.05) is 19.3 Å². The van der Waals surface area contributed by atoms with E-state index in [1.165, 1.54) is 57.8 Å². The Labute approximate surface area is 415 Å². The fourth-order valence-electron chi connectivity index (χ4n) is 6.47. The van der Waals surface area contributed by atoms with Gasteiger partial charge in [0.2, 0.25) is 0 Å². The van der Waals surface area contributed by atoms with Crippen LogP contribution in [-0.2, 0) is 28.6 Å². The number of esters is 3. The number of ether oxygens (including phenoxy) is 3. The third-order valence-corrected chi connectivity index (χ3v) is 10.4. The Balaban J connectivity index is 4.64. The van der Waals surface area contributed by atoms with Gasteiger partial charge in [-0.3, -0.25) is 14.4 Å². The lowest BCUT2D eigenvalue weighted by Crippen LogP contribution is -2.30. The van der Waals surface area contributed by atoms with Crippen molar-refractivity contribution in [3.8, 4) is 0 Å². The van der Waals surface area contributed by atoms with Crippen molar-refractivity contribution in [1.82, 2.24) is 0 Å². The van der Waals surface area contributed by atoms with Gasteiger partial charge in [0.15, 0.2) is 6.10 Å². The number of carbonyl (C=O) groups excluding carboxylic acids is 3. The van der Waals surface area contributed by atoms with Crippen LogP contribution < -0.4 is 0 Å². The van der Waals surface area contributed by atoms with Crippen molar-refractivity contribution in [2.24, 2.45) is 0 Å². The van der Waals surface area contributed by atoms with Gasteiger partial charge in [0.1, 0.15) is 13.2 Å². The predicted molar refractivity (Wildman–Crippen MR) is 292 cm³/mol. The van der Waals surface area contributed by atoms with Crippen molar-refractivity contribution in [3.05, 3.63) is 170 Å². The summed E-state index contributed by atoms with van der Waals surface area (Å²) in [7, 11) is 0. The Kier molecular flexibility index (Phi) is 50.2. The Morgan fingerprint density at radius 2 is 0.574 bits per heavy atom. The van der Waals surface area contributed by atoms with E-state index in [9.17, 15) is 14.4 Å². The fourth-order valence-corrected chi connectivity index (χ4v) is 6.47. The molecule has 376 valence electrons. The minimum atomic E-state index is -0.829. The average Bonchev–Trinajstić information content (AvgIpc) is 3.34. The molecule has 0 bridgehead atoms. The van der Waals surface area contributed by atoms with Crippen molar-refractivity contribution in [2.75, 3.05) is 13.2 Å². The molecule has 1 unspecified atom stereocenters. The zero-order valence-electron chi connectivity index (χ0n) is 42.8. The van der Waals surface area contributed by atoms with Gasteiger partial charge < -0.3 is 14.2 Å². The molecule has 0 rings (SSSR count). The molecule has 0 saturated carbocycles. The molecule has 0 aliphatic carbocycles. The van der Waals surface area contributed by atoms with Crippen LogP contribution in [0.1, 0.15) is 181 Å². The van der Waals surface area contributed by atoms with E-state index in [0.717, 1.165) is 70.6 Å². The lowest BCUT2D eigenvalue weighted by molar-refractivity contribution is -0.167. The number of hydrogen-bond acceptors (Lipinski definition) is 6. The molecule has 0 saturated heterocycles. The smallest absolute Gasteiger partial charge is 0.306 e. The number of carbonyl (C=O) groups is 3. The fraction of sp³-hybridized carbons (Fsp3) is 0.500. The molecular weight excluding hydrogens is 841 g/mol. The third-order valence-electron chi connectivity index (χ3n) is 10.4. The second-order valence-electron chi connectivity index (χ2n) is 16.7. The van der Waals surface area contributed by atoms with Crippen LogP contribution in [0.2, 0.25) is 0 Å². The van der Waals surface area contributed by atoms with E-state index < -0.39 is 6.10 Å². The van der Waals surface area contributed by atoms with Crippen LogP contribution in [0.5, 0.6) is 0 Å². The molecule has 0 aromatic carbocycles. The van der Waals surface area contributed by atoms with Gasteiger partial charge in [-0.15, -0.1) is 0 Å². The van der Waals surface area contributed by atoms with E-state index in [1.54, 1.807) is 0 Å². The standard InChI is InChI=1S/C62H92O6/c1-4-7-10-13-16-19-22-25-27-29-31-33-35-37-40-43-46-49-52-55-61(64)67-58-59(57-66-60(63)54-51-48-45-42-39-24-21-18-15-12-9-6-3)68-62(65)56-53-50-47-44-41-38-36-34-32-30-28-26-23-20-17-14-11-8-5-2/h7-8,10-11,13-14,16-17,19-20,22-23,25-38,40-41,59H,4-6,9,12,15,18,21,24,39,42-58H2,1-3H3/b10-7-,11-8-,16-13-,17-14-,22-19-,23-20-,27-25-,28-26-,31-29+,32-30+,35-33-,36-34-,40-37-,41-38-. The molecule has 0 amide bonds. The quantitative estimate of drug-likeness (QED) is 0.0262. The number of allylic oxidation sites excluding steroid dienone is 28. The predicted octanol–water partition coefficient (Wildman–Crippen LogP) is 17.6. The first kappa shape index (κ1) is 62.8. The Morgan fingerprint density at radius 3 is 0.897 bits per heavy atom. The Hall–Kier alpha value is -5.23. The Bertz CT molecular complexity index is 1640. The second-order valence-corrected chi connectivity index (χ2v) is 16.7. The van der Waals surface area contributed by atoms with Crippen molar-refractivity contribution in [2.45, 2.75) is 187 Å². The van der Waals surface area contributed by atoms with E-state index in [0.29, 0.717) is 19.3 Å². The average molecular weight is 933 g/mol. The first-order chi connectivity index (χ1) is 33.5.